The van der Waals surface area contributed by atoms with Crippen LogP contribution < -0.4 is 9.47 Å². The van der Waals surface area contributed by atoms with E-state index < -0.39 is 5.97 Å². The van der Waals surface area contributed by atoms with Gasteiger partial charge in [-0.05, 0) is 54.1 Å². The van der Waals surface area contributed by atoms with Crippen molar-refractivity contribution in [2.45, 2.75) is 6.42 Å². The second-order valence-electron chi connectivity index (χ2n) is 6.79. The van der Waals surface area contributed by atoms with Crippen molar-refractivity contribution in [1.82, 2.24) is 8.75 Å². The van der Waals surface area contributed by atoms with Crippen molar-refractivity contribution in [2.75, 3.05) is 14.2 Å². The second-order valence-corrected chi connectivity index (χ2v) is 8.45. The number of rotatable bonds is 8. The number of carboxylic acid groups (broad SMARTS) is 1. The summed E-state index contributed by atoms with van der Waals surface area (Å²) in [6.07, 6.45) is 0.147. The average molecular weight is 467 g/mol. The molecule has 0 saturated carbocycles. The second kappa shape index (κ2) is 9.29. The van der Waals surface area contributed by atoms with Crippen LogP contribution in [-0.4, -0.2) is 39.8 Å². The van der Waals surface area contributed by atoms with E-state index in [1.807, 2.05) is 6.07 Å². The lowest BCUT2D eigenvalue weighted by Gasteiger charge is -2.12. The molecule has 0 aliphatic rings. The molecule has 0 unspecified atom stereocenters. The van der Waals surface area contributed by atoms with Crippen molar-refractivity contribution in [3.63, 3.8) is 0 Å². The third-order valence-electron chi connectivity index (χ3n) is 4.87. The summed E-state index contributed by atoms with van der Waals surface area (Å²) in [5.74, 6) is -0.947. The third-order valence-corrected chi connectivity index (χ3v) is 6.48. The molecule has 0 saturated heterocycles. The number of hydrogen-bond acceptors (Lipinski definition) is 8. The molecule has 0 amide bonds. The van der Waals surface area contributed by atoms with Crippen LogP contribution in [0, 0.1) is 0 Å². The van der Waals surface area contributed by atoms with Gasteiger partial charge in [-0.3, -0.25) is 4.79 Å². The number of Topliss-reactive ketones (excluding diaryl/α,β-unsaturated/α-hetero) is 1. The molecule has 0 aliphatic heterocycles. The van der Waals surface area contributed by atoms with Crippen LogP contribution in [0.4, 0.5) is 0 Å². The summed E-state index contributed by atoms with van der Waals surface area (Å²) in [5, 5.41) is 10.8. The van der Waals surface area contributed by atoms with E-state index in [1.165, 1.54) is 11.3 Å². The molecule has 162 valence electrons. The standard InChI is InChI=1S/C23H18N2O5S2/c1-29-15-6-3-13(4-7-15)22(26)17(12-16-8-10-20(30-2)31-16)21(23(27)28)14-5-9-18-19(11-14)25-32-24-18/h3-11H,12H2,1-2H3,(H,27,28). The lowest BCUT2D eigenvalue weighted by molar-refractivity contribution is -0.130. The highest BCUT2D eigenvalue weighted by atomic mass is 32.1. The number of ether oxygens (including phenoxy) is 2. The molecule has 0 atom stereocenters. The number of aromatic nitrogens is 2. The van der Waals surface area contributed by atoms with E-state index in [1.54, 1.807) is 62.8 Å². The Balaban J connectivity index is 1.87. The van der Waals surface area contributed by atoms with Crippen LogP contribution >= 0.6 is 23.1 Å². The first-order chi connectivity index (χ1) is 15.5. The zero-order valence-electron chi connectivity index (χ0n) is 17.2. The molecule has 2 aromatic heterocycles. The molecule has 4 aromatic rings. The predicted molar refractivity (Wildman–Crippen MR) is 124 cm³/mol. The summed E-state index contributed by atoms with van der Waals surface area (Å²) in [4.78, 5) is 26.8. The maximum Gasteiger partial charge on any atom is 0.336 e. The quantitative estimate of drug-likeness (QED) is 0.296. The van der Waals surface area contributed by atoms with Gasteiger partial charge in [0.15, 0.2) is 10.8 Å². The SMILES string of the molecule is COc1ccc(C(=O)C(Cc2ccc(OC)s2)=C(C(=O)O)c2ccc3nsnc3c2)cc1. The number of aliphatic carboxylic acids is 1. The van der Waals surface area contributed by atoms with Gasteiger partial charge in [-0.15, -0.1) is 11.3 Å². The molecule has 9 heteroatoms. The molecule has 2 aromatic carbocycles. The van der Waals surface area contributed by atoms with Gasteiger partial charge in [0.2, 0.25) is 0 Å². The van der Waals surface area contributed by atoms with Gasteiger partial charge in [0.25, 0.3) is 0 Å². The van der Waals surface area contributed by atoms with E-state index in [2.05, 4.69) is 8.75 Å². The zero-order chi connectivity index (χ0) is 22.7. The molecule has 32 heavy (non-hydrogen) atoms. The highest BCUT2D eigenvalue weighted by molar-refractivity contribution is 7.13. The molecule has 0 fully saturated rings. The van der Waals surface area contributed by atoms with Crippen molar-refractivity contribution >= 4 is 51.4 Å². The highest BCUT2D eigenvalue weighted by Crippen LogP contribution is 2.32. The summed E-state index contributed by atoms with van der Waals surface area (Å²) in [6, 6.07) is 15.2. The number of hydrogen-bond donors (Lipinski definition) is 1. The van der Waals surface area contributed by atoms with Crippen LogP contribution in [0.3, 0.4) is 0 Å². The molecule has 1 N–H and O–H groups in total. The van der Waals surface area contributed by atoms with Gasteiger partial charge in [-0.1, -0.05) is 6.07 Å². The Bertz CT molecular complexity index is 1320. The average Bonchev–Trinajstić information content (AvgIpc) is 3.47. The van der Waals surface area contributed by atoms with E-state index in [9.17, 15) is 14.7 Å². The number of ketones is 1. The van der Waals surface area contributed by atoms with E-state index in [0.29, 0.717) is 33.0 Å². The molecule has 2 heterocycles. The minimum absolute atomic E-state index is 0.0620. The van der Waals surface area contributed by atoms with Gasteiger partial charge in [-0.2, -0.15) is 8.75 Å². The Morgan fingerprint density at radius 1 is 0.906 bits per heavy atom. The van der Waals surface area contributed by atoms with Gasteiger partial charge in [0.1, 0.15) is 16.8 Å². The summed E-state index contributed by atoms with van der Waals surface area (Å²) >= 11 is 2.42. The summed E-state index contributed by atoms with van der Waals surface area (Å²) in [6.45, 7) is 0. The molecule has 0 radical (unpaired) electrons. The Kier molecular flexibility index (Phi) is 6.29. The molecule has 0 bridgehead atoms. The first-order valence-electron chi connectivity index (χ1n) is 9.50. The van der Waals surface area contributed by atoms with Gasteiger partial charge in [-0.25, -0.2) is 4.79 Å². The first kappa shape index (κ1) is 21.7. The monoisotopic (exact) mass is 466 g/mol. The lowest BCUT2D eigenvalue weighted by Crippen LogP contribution is -2.13. The van der Waals surface area contributed by atoms with Crippen LogP contribution in [0.2, 0.25) is 0 Å². The van der Waals surface area contributed by atoms with Gasteiger partial charge >= 0.3 is 5.97 Å². The van der Waals surface area contributed by atoms with Crippen molar-refractivity contribution in [3.8, 4) is 10.8 Å². The minimum Gasteiger partial charge on any atom is -0.497 e. The van der Waals surface area contributed by atoms with Crippen LogP contribution in [-0.2, 0) is 11.2 Å². The molecular weight excluding hydrogens is 448 g/mol. The predicted octanol–water partition coefficient (Wildman–Crippen LogP) is 4.73. The number of fused-ring (bicyclic) bond motifs is 1. The zero-order valence-corrected chi connectivity index (χ0v) is 18.8. The van der Waals surface area contributed by atoms with Crippen LogP contribution in [0.5, 0.6) is 10.8 Å². The lowest BCUT2D eigenvalue weighted by atomic mass is 9.91. The molecular formula is C23H18N2O5S2. The fraction of sp³-hybridized carbons (Fsp3) is 0.130. The van der Waals surface area contributed by atoms with Crippen molar-refractivity contribution < 1.29 is 24.2 Å². The van der Waals surface area contributed by atoms with E-state index >= 15 is 0 Å². The minimum atomic E-state index is -1.19. The summed E-state index contributed by atoms with van der Waals surface area (Å²) in [5.41, 5.74) is 2.15. The Hall–Kier alpha value is -3.56. The number of nitrogens with zero attached hydrogens (tertiary/aromatic N) is 2. The molecule has 7 nitrogen and oxygen atoms in total. The Morgan fingerprint density at radius 2 is 1.62 bits per heavy atom. The smallest absolute Gasteiger partial charge is 0.336 e. The maximum absolute atomic E-state index is 13.5. The fourth-order valence-corrected chi connectivity index (χ4v) is 4.65. The van der Waals surface area contributed by atoms with Crippen molar-refractivity contribution in [3.05, 3.63) is 76.2 Å². The maximum atomic E-state index is 13.5. The van der Waals surface area contributed by atoms with E-state index in [-0.39, 0.29) is 23.4 Å². The molecule has 0 spiro atoms. The number of thiophene rings is 1. The Morgan fingerprint density at radius 3 is 2.28 bits per heavy atom. The van der Waals surface area contributed by atoms with Gasteiger partial charge in [0, 0.05) is 22.4 Å². The summed E-state index contributed by atoms with van der Waals surface area (Å²) < 4.78 is 18.8. The molecule has 0 aliphatic carbocycles. The molecule has 4 rings (SSSR count). The fourth-order valence-electron chi connectivity index (χ4n) is 3.30. The highest BCUT2D eigenvalue weighted by Gasteiger charge is 2.25. The number of methoxy groups -OCH3 is 2. The van der Waals surface area contributed by atoms with Gasteiger partial charge in [0.05, 0.1) is 31.5 Å². The van der Waals surface area contributed by atoms with E-state index in [4.69, 9.17) is 9.47 Å². The topological polar surface area (TPSA) is 98.6 Å². The van der Waals surface area contributed by atoms with Crippen LogP contribution in [0.15, 0.2) is 60.2 Å². The number of carbonyl (C=O) groups excluding carboxylic acids is 1. The first-order valence-corrected chi connectivity index (χ1v) is 11.1. The van der Waals surface area contributed by atoms with Crippen molar-refractivity contribution in [2.24, 2.45) is 0 Å². The Labute approximate surface area is 191 Å². The third kappa shape index (κ3) is 4.39. The number of carbonyl (C=O) groups is 2. The number of allylic oxidation sites excluding steroid dienone is 1. The normalized spacial score (nSPS) is 11.8. The van der Waals surface area contributed by atoms with Crippen LogP contribution in [0.25, 0.3) is 16.6 Å². The summed E-state index contributed by atoms with van der Waals surface area (Å²) in [7, 11) is 3.10. The van der Waals surface area contributed by atoms with Crippen molar-refractivity contribution in [1.29, 1.82) is 0 Å². The largest absolute Gasteiger partial charge is 0.497 e. The number of carboxylic acids is 1. The van der Waals surface area contributed by atoms with E-state index in [0.717, 1.165) is 16.6 Å². The van der Waals surface area contributed by atoms with Crippen LogP contribution in [0.1, 0.15) is 20.8 Å². The van der Waals surface area contributed by atoms with Gasteiger partial charge < -0.3 is 14.6 Å². The number of benzene rings is 2.